The van der Waals surface area contributed by atoms with Crippen LogP contribution in [0.4, 0.5) is 5.13 Å². The minimum atomic E-state index is -3.75. The molecule has 3 aromatic rings. The lowest BCUT2D eigenvalue weighted by Gasteiger charge is -2.24. The van der Waals surface area contributed by atoms with E-state index in [0.29, 0.717) is 29.5 Å². The SMILES string of the molecule is CCCC(N)C(Nc1nc(Cc2ccc(C)cc2)ns1)S(=O)(=O)c1ccc(OC)cc1. The smallest absolute Gasteiger partial charge is 0.203 e. The predicted octanol–water partition coefficient (Wildman–Crippen LogP) is 3.79. The summed E-state index contributed by atoms with van der Waals surface area (Å²) in [5.41, 5.74) is 8.58. The molecule has 2 unspecified atom stereocenters. The van der Waals surface area contributed by atoms with Gasteiger partial charge in [-0.15, -0.1) is 0 Å². The van der Waals surface area contributed by atoms with Crippen LogP contribution < -0.4 is 15.8 Å². The minimum absolute atomic E-state index is 0.182. The summed E-state index contributed by atoms with van der Waals surface area (Å²) in [7, 11) is -2.22. The van der Waals surface area contributed by atoms with Crippen molar-refractivity contribution >= 4 is 26.5 Å². The van der Waals surface area contributed by atoms with Gasteiger partial charge in [0.1, 0.15) is 11.6 Å². The van der Waals surface area contributed by atoms with Crippen LogP contribution in [0.3, 0.4) is 0 Å². The third-order valence-corrected chi connectivity index (χ3v) is 7.70. The Morgan fingerprint density at radius 3 is 2.42 bits per heavy atom. The Balaban J connectivity index is 1.82. The summed E-state index contributed by atoms with van der Waals surface area (Å²) < 4.78 is 36.2. The average Bonchev–Trinajstić information content (AvgIpc) is 3.20. The molecule has 2 aromatic carbocycles. The van der Waals surface area contributed by atoms with Crippen LogP contribution in [0.5, 0.6) is 5.75 Å². The highest BCUT2D eigenvalue weighted by atomic mass is 32.2. The van der Waals surface area contributed by atoms with Gasteiger partial charge in [-0.1, -0.05) is 43.2 Å². The number of ether oxygens (including phenoxy) is 1. The molecule has 7 nitrogen and oxygen atoms in total. The fraction of sp³-hybridized carbons (Fsp3) is 0.364. The van der Waals surface area contributed by atoms with E-state index in [-0.39, 0.29) is 4.90 Å². The van der Waals surface area contributed by atoms with Gasteiger partial charge in [0, 0.05) is 24.0 Å². The van der Waals surface area contributed by atoms with Crippen LogP contribution in [-0.4, -0.2) is 36.3 Å². The molecule has 0 aliphatic rings. The van der Waals surface area contributed by atoms with E-state index in [0.717, 1.165) is 23.5 Å². The van der Waals surface area contributed by atoms with Crippen molar-refractivity contribution in [2.45, 2.75) is 49.4 Å². The summed E-state index contributed by atoms with van der Waals surface area (Å²) in [4.78, 5) is 4.68. The molecule has 0 spiro atoms. The van der Waals surface area contributed by atoms with Crippen LogP contribution in [0.1, 0.15) is 36.7 Å². The van der Waals surface area contributed by atoms with E-state index in [1.807, 2.05) is 38.1 Å². The maximum Gasteiger partial charge on any atom is 0.203 e. The zero-order valence-electron chi connectivity index (χ0n) is 17.9. The van der Waals surface area contributed by atoms with Crippen molar-refractivity contribution in [3.63, 3.8) is 0 Å². The minimum Gasteiger partial charge on any atom is -0.497 e. The Morgan fingerprint density at radius 2 is 1.81 bits per heavy atom. The van der Waals surface area contributed by atoms with Gasteiger partial charge in [0.25, 0.3) is 0 Å². The maximum absolute atomic E-state index is 13.4. The summed E-state index contributed by atoms with van der Waals surface area (Å²) in [6, 6.07) is 13.9. The van der Waals surface area contributed by atoms with Gasteiger partial charge >= 0.3 is 0 Å². The first-order chi connectivity index (χ1) is 14.8. The molecule has 0 saturated heterocycles. The summed E-state index contributed by atoms with van der Waals surface area (Å²) in [5, 5.41) is 2.47. The molecule has 3 N–H and O–H groups in total. The van der Waals surface area contributed by atoms with Crippen molar-refractivity contribution in [3.8, 4) is 5.75 Å². The van der Waals surface area contributed by atoms with Gasteiger partial charge in [-0.25, -0.2) is 13.4 Å². The highest BCUT2D eigenvalue weighted by Gasteiger charge is 2.33. The van der Waals surface area contributed by atoms with Crippen LogP contribution >= 0.6 is 11.5 Å². The number of rotatable bonds is 10. The van der Waals surface area contributed by atoms with Crippen LogP contribution in [0.25, 0.3) is 0 Å². The third kappa shape index (κ3) is 5.81. The van der Waals surface area contributed by atoms with Crippen molar-refractivity contribution in [1.29, 1.82) is 0 Å². The number of anilines is 1. The summed E-state index contributed by atoms with van der Waals surface area (Å²) in [6.07, 6.45) is 1.91. The van der Waals surface area contributed by atoms with Crippen molar-refractivity contribution in [3.05, 3.63) is 65.5 Å². The zero-order chi connectivity index (χ0) is 22.4. The molecule has 1 heterocycles. The lowest BCUT2D eigenvalue weighted by atomic mass is 10.1. The molecule has 0 fully saturated rings. The number of sulfone groups is 1. The van der Waals surface area contributed by atoms with Gasteiger partial charge in [0.15, 0.2) is 5.37 Å². The molecule has 166 valence electrons. The molecular weight excluding hydrogens is 432 g/mol. The second-order valence-electron chi connectivity index (χ2n) is 7.42. The molecule has 1 aromatic heterocycles. The fourth-order valence-corrected chi connectivity index (χ4v) is 5.58. The van der Waals surface area contributed by atoms with Gasteiger partial charge in [-0.2, -0.15) is 4.37 Å². The van der Waals surface area contributed by atoms with Gasteiger partial charge in [-0.3, -0.25) is 0 Å². The van der Waals surface area contributed by atoms with E-state index in [9.17, 15) is 8.42 Å². The second-order valence-corrected chi connectivity index (χ2v) is 10.2. The lowest BCUT2D eigenvalue weighted by Crippen LogP contribution is -2.45. The number of nitrogens with two attached hydrogens (primary N) is 1. The van der Waals surface area contributed by atoms with Crippen LogP contribution in [0.15, 0.2) is 53.4 Å². The first-order valence-corrected chi connectivity index (χ1v) is 12.4. The van der Waals surface area contributed by atoms with Crippen molar-refractivity contribution < 1.29 is 13.2 Å². The van der Waals surface area contributed by atoms with Gasteiger partial charge < -0.3 is 15.8 Å². The Kier molecular flexibility index (Phi) is 7.64. The number of aromatic nitrogens is 2. The van der Waals surface area contributed by atoms with E-state index in [2.05, 4.69) is 14.7 Å². The zero-order valence-corrected chi connectivity index (χ0v) is 19.5. The van der Waals surface area contributed by atoms with Crippen LogP contribution in [0.2, 0.25) is 0 Å². The van der Waals surface area contributed by atoms with Gasteiger partial charge in [-0.05, 0) is 43.2 Å². The molecule has 3 rings (SSSR count). The van der Waals surface area contributed by atoms with E-state index in [4.69, 9.17) is 10.5 Å². The van der Waals surface area contributed by atoms with Gasteiger partial charge in [0.05, 0.1) is 12.0 Å². The summed E-state index contributed by atoms with van der Waals surface area (Å²) in [6.45, 7) is 4.01. The highest BCUT2D eigenvalue weighted by molar-refractivity contribution is 7.92. The molecule has 9 heteroatoms. The van der Waals surface area contributed by atoms with Crippen molar-refractivity contribution in [2.75, 3.05) is 12.4 Å². The van der Waals surface area contributed by atoms with E-state index < -0.39 is 21.3 Å². The number of nitrogens with one attached hydrogen (secondary N) is 1. The van der Waals surface area contributed by atoms with E-state index in [1.54, 1.807) is 12.1 Å². The molecular formula is C22H28N4O3S2. The highest BCUT2D eigenvalue weighted by Crippen LogP contribution is 2.25. The average molecular weight is 461 g/mol. The van der Waals surface area contributed by atoms with Crippen LogP contribution in [0, 0.1) is 6.92 Å². The maximum atomic E-state index is 13.4. The Labute approximate surface area is 187 Å². The quantitative estimate of drug-likeness (QED) is 0.474. The molecule has 0 bridgehead atoms. The first kappa shape index (κ1) is 23.2. The van der Waals surface area contributed by atoms with Crippen LogP contribution in [-0.2, 0) is 16.3 Å². The van der Waals surface area contributed by atoms with E-state index in [1.165, 1.54) is 24.8 Å². The molecule has 0 aliphatic carbocycles. The number of aryl methyl sites for hydroxylation is 1. The largest absolute Gasteiger partial charge is 0.497 e. The van der Waals surface area contributed by atoms with Gasteiger partial charge in [0.2, 0.25) is 15.0 Å². The number of benzene rings is 2. The summed E-state index contributed by atoms with van der Waals surface area (Å²) in [5.74, 6) is 1.23. The summed E-state index contributed by atoms with van der Waals surface area (Å²) >= 11 is 1.14. The Bertz CT molecular complexity index is 1080. The number of methoxy groups -OCH3 is 1. The number of hydrogen-bond donors (Lipinski definition) is 2. The Hall–Kier alpha value is -2.49. The molecule has 0 saturated carbocycles. The first-order valence-electron chi connectivity index (χ1n) is 10.1. The normalized spacial score (nSPS) is 13.5. The Morgan fingerprint density at radius 1 is 1.13 bits per heavy atom. The number of nitrogens with zero attached hydrogens (tertiary/aromatic N) is 2. The molecule has 0 aliphatic heterocycles. The van der Waals surface area contributed by atoms with E-state index >= 15 is 0 Å². The standard InChI is InChI=1S/C22H28N4O3S2/c1-4-5-19(23)21(31(27,28)18-12-10-17(29-3)11-13-18)25-22-24-20(26-30-22)14-16-8-6-15(2)7-9-16/h6-13,19,21H,4-5,14,23H2,1-3H3,(H,24,25,26). The molecule has 31 heavy (non-hydrogen) atoms. The lowest BCUT2D eigenvalue weighted by molar-refractivity contribution is 0.414. The molecule has 0 radical (unpaired) electrons. The second kappa shape index (κ2) is 10.2. The third-order valence-electron chi connectivity index (χ3n) is 4.95. The molecule has 2 atom stereocenters. The molecule has 0 amide bonds. The predicted molar refractivity (Wildman–Crippen MR) is 124 cm³/mol. The van der Waals surface area contributed by atoms with Crippen molar-refractivity contribution in [1.82, 2.24) is 9.36 Å². The number of hydrogen-bond acceptors (Lipinski definition) is 8. The fourth-order valence-electron chi connectivity index (χ4n) is 3.21. The monoisotopic (exact) mass is 460 g/mol. The van der Waals surface area contributed by atoms with Crippen molar-refractivity contribution in [2.24, 2.45) is 5.73 Å². The topological polar surface area (TPSA) is 107 Å².